The van der Waals surface area contributed by atoms with Gasteiger partial charge in [-0.05, 0) is 5.56 Å². The second kappa shape index (κ2) is 7.07. The van der Waals surface area contributed by atoms with Crippen LogP contribution in [0.5, 0.6) is 5.75 Å². The van der Waals surface area contributed by atoms with Gasteiger partial charge in [-0.25, -0.2) is 4.79 Å². The Bertz CT molecular complexity index is 773. The topological polar surface area (TPSA) is 83.5 Å². The molecule has 9 heteroatoms. The Morgan fingerprint density at radius 3 is 2.46 bits per heavy atom. The largest absolute Gasteiger partial charge is 0.482 e. The van der Waals surface area contributed by atoms with Crippen molar-refractivity contribution in [3.8, 4) is 5.75 Å². The molecule has 0 radical (unpaired) electrons. The fourth-order valence-electron chi connectivity index (χ4n) is 1.82. The Morgan fingerprint density at radius 2 is 1.83 bits per heavy atom. The molecule has 0 aliphatic carbocycles. The van der Waals surface area contributed by atoms with E-state index in [2.05, 4.69) is 4.74 Å². The molecule has 0 amide bonds. The lowest BCUT2D eigenvalue weighted by Crippen LogP contribution is -2.28. The summed E-state index contributed by atoms with van der Waals surface area (Å²) in [6.07, 6.45) is -3.67. The van der Waals surface area contributed by atoms with E-state index in [4.69, 9.17) is 10.6 Å². The lowest BCUT2D eigenvalue weighted by atomic mass is 10.2. The predicted octanol–water partition coefficient (Wildman–Crippen LogP) is 1.86. The van der Waals surface area contributed by atoms with Crippen LogP contribution in [0.1, 0.15) is 16.1 Å². The van der Waals surface area contributed by atoms with Crippen LogP contribution in [0.3, 0.4) is 0 Å². The minimum Gasteiger partial charge on any atom is -0.482 e. The standard InChI is InChI=1S/C15H13F3N2O4/c16-15(17,18)9-24-14(22)12-13(11(21)6-7-20(12)19)23-8-10-4-2-1-3-5-10/h1-7H,8-9,19H2. The molecule has 2 aromatic rings. The van der Waals surface area contributed by atoms with E-state index in [1.165, 1.54) is 0 Å². The van der Waals surface area contributed by atoms with Crippen molar-refractivity contribution in [1.82, 2.24) is 4.68 Å². The summed E-state index contributed by atoms with van der Waals surface area (Å²) >= 11 is 0. The van der Waals surface area contributed by atoms with E-state index >= 15 is 0 Å². The molecule has 6 nitrogen and oxygen atoms in total. The van der Waals surface area contributed by atoms with Crippen LogP contribution in [-0.2, 0) is 11.3 Å². The van der Waals surface area contributed by atoms with Gasteiger partial charge in [0.15, 0.2) is 18.1 Å². The lowest BCUT2D eigenvalue weighted by Gasteiger charge is -2.14. The minimum atomic E-state index is -4.70. The summed E-state index contributed by atoms with van der Waals surface area (Å²) in [7, 11) is 0. The van der Waals surface area contributed by atoms with E-state index < -0.39 is 35.6 Å². The highest BCUT2D eigenvalue weighted by molar-refractivity contribution is 5.90. The Labute approximate surface area is 134 Å². The molecule has 24 heavy (non-hydrogen) atoms. The first-order chi connectivity index (χ1) is 11.3. The molecule has 128 valence electrons. The van der Waals surface area contributed by atoms with Crippen molar-refractivity contribution >= 4 is 5.97 Å². The molecule has 1 heterocycles. The molecule has 1 aromatic heterocycles. The average Bonchev–Trinajstić information content (AvgIpc) is 2.53. The number of esters is 1. The number of aromatic nitrogens is 1. The number of nitrogen functional groups attached to an aromatic ring is 1. The number of hydrogen-bond donors (Lipinski definition) is 1. The molecule has 0 saturated heterocycles. The number of nitrogens with two attached hydrogens (primary N) is 1. The third-order valence-corrected chi connectivity index (χ3v) is 2.87. The molecular formula is C15H13F3N2O4. The Morgan fingerprint density at radius 1 is 1.17 bits per heavy atom. The van der Waals surface area contributed by atoms with Gasteiger partial charge in [-0.1, -0.05) is 30.3 Å². The van der Waals surface area contributed by atoms with Crippen LogP contribution in [0.4, 0.5) is 13.2 Å². The Balaban J connectivity index is 2.25. The Kier molecular flexibility index (Phi) is 5.12. The highest BCUT2D eigenvalue weighted by atomic mass is 19.4. The normalized spacial score (nSPS) is 11.1. The number of benzene rings is 1. The van der Waals surface area contributed by atoms with Crippen LogP contribution in [0.25, 0.3) is 0 Å². The highest BCUT2D eigenvalue weighted by Crippen LogP contribution is 2.19. The second-order valence-electron chi connectivity index (χ2n) is 4.73. The summed E-state index contributed by atoms with van der Waals surface area (Å²) in [6.45, 7) is -1.87. The number of ether oxygens (including phenoxy) is 2. The molecule has 0 fully saturated rings. The van der Waals surface area contributed by atoms with Gasteiger partial charge in [0.1, 0.15) is 6.61 Å². The number of alkyl halides is 3. The molecular weight excluding hydrogens is 329 g/mol. The molecule has 0 aliphatic heterocycles. The number of carbonyl (C=O) groups is 1. The number of pyridine rings is 1. The van der Waals surface area contributed by atoms with Gasteiger partial charge >= 0.3 is 12.1 Å². The summed E-state index contributed by atoms with van der Waals surface area (Å²) in [5, 5.41) is 0. The maximum absolute atomic E-state index is 12.2. The van der Waals surface area contributed by atoms with Crippen molar-refractivity contribution in [1.29, 1.82) is 0 Å². The number of halogens is 3. The van der Waals surface area contributed by atoms with Crippen molar-refractivity contribution in [3.63, 3.8) is 0 Å². The van der Waals surface area contributed by atoms with E-state index in [9.17, 15) is 22.8 Å². The fraction of sp³-hybridized carbons (Fsp3) is 0.200. The predicted molar refractivity (Wildman–Crippen MR) is 78.0 cm³/mol. The van der Waals surface area contributed by atoms with Crippen molar-refractivity contribution in [2.24, 2.45) is 0 Å². The van der Waals surface area contributed by atoms with Crippen LogP contribution < -0.4 is 16.0 Å². The monoisotopic (exact) mass is 342 g/mol. The first-order valence-corrected chi connectivity index (χ1v) is 6.69. The van der Waals surface area contributed by atoms with E-state index in [1.54, 1.807) is 30.3 Å². The van der Waals surface area contributed by atoms with Gasteiger partial charge in [0.25, 0.3) is 0 Å². The highest BCUT2D eigenvalue weighted by Gasteiger charge is 2.31. The summed E-state index contributed by atoms with van der Waals surface area (Å²) in [5.74, 6) is 3.63. The average molecular weight is 342 g/mol. The number of carbonyl (C=O) groups excluding carboxylic acids is 1. The molecule has 1 aromatic carbocycles. The third kappa shape index (κ3) is 4.51. The maximum atomic E-state index is 12.2. The van der Waals surface area contributed by atoms with Gasteiger partial charge in [0.05, 0.1) is 0 Å². The Hall–Kier alpha value is -2.97. The van der Waals surface area contributed by atoms with E-state index in [1.807, 2.05) is 0 Å². The van der Waals surface area contributed by atoms with Crippen LogP contribution in [0.15, 0.2) is 47.4 Å². The van der Waals surface area contributed by atoms with Crippen molar-refractivity contribution < 1.29 is 27.4 Å². The van der Waals surface area contributed by atoms with Crippen molar-refractivity contribution in [3.05, 3.63) is 64.1 Å². The van der Waals surface area contributed by atoms with Gasteiger partial charge in [-0.2, -0.15) is 13.2 Å². The molecule has 0 spiro atoms. The van der Waals surface area contributed by atoms with Crippen LogP contribution in [-0.4, -0.2) is 23.4 Å². The molecule has 2 N–H and O–H groups in total. The van der Waals surface area contributed by atoms with Crippen molar-refractivity contribution in [2.45, 2.75) is 12.8 Å². The van der Waals surface area contributed by atoms with Gasteiger partial charge in [-0.3, -0.25) is 9.47 Å². The molecule has 0 aliphatic rings. The molecule has 0 bridgehead atoms. The van der Waals surface area contributed by atoms with Gasteiger partial charge in [-0.15, -0.1) is 0 Å². The number of nitrogens with zero attached hydrogens (tertiary/aromatic N) is 1. The minimum absolute atomic E-state index is 0.0698. The van der Waals surface area contributed by atoms with Gasteiger partial charge < -0.3 is 15.3 Å². The third-order valence-electron chi connectivity index (χ3n) is 2.87. The van der Waals surface area contributed by atoms with E-state index in [0.29, 0.717) is 10.2 Å². The van der Waals surface area contributed by atoms with Crippen LogP contribution in [0.2, 0.25) is 0 Å². The van der Waals surface area contributed by atoms with E-state index in [-0.39, 0.29) is 6.61 Å². The summed E-state index contributed by atoms with van der Waals surface area (Å²) in [6, 6.07) is 9.71. The first-order valence-electron chi connectivity index (χ1n) is 6.69. The van der Waals surface area contributed by atoms with Gasteiger partial charge in [0.2, 0.25) is 5.43 Å². The SMILES string of the molecule is Nn1ccc(=O)c(OCc2ccccc2)c1C(=O)OCC(F)(F)F. The number of hydrogen-bond acceptors (Lipinski definition) is 5. The maximum Gasteiger partial charge on any atom is 0.422 e. The molecule has 0 unspecified atom stereocenters. The van der Waals surface area contributed by atoms with Crippen LogP contribution in [0, 0.1) is 0 Å². The number of rotatable bonds is 5. The second-order valence-corrected chi connectivity index (χ2v) is 4.73. The zero-order valence-electron chi connectivity index (χ0n) is 12.2. The van der Waals surface area contributed by atoms with Crippen molar-refractivity contribution in [2.75, 3.05) is 12.4 Å². The summed E-state index contributed by atoms with van der Waals surface area (Å²) < 4.78 is 46.6. The summed E-state index contributed by atoms with van der Waals surface area (Å²) in [5.41, 5.74) is -0.604. The summed E-state index contributed by atoms with van der Waals surface area (Å²) in [4.78, 5) is 23.7. The molecule has 0 saturated carbocycles. The first kappa shape index (κ1) is 17.4. The fourth-order valence-corrected chi connectivity index (χ4v) is 1.82. The zero-order chi connectivity index (χ0) is 17.7. The molecule has 2 rings (SSSR count). The lowest BCUT2D eigenvalue weighted by molar-refractivity contribution is -0.161. The van der Waals surface area contributed by atoms with Crippen LogP contribution >= 0.6 is 0 Å². The smallest absolute Gasteiger partial charge is 0.422 e. The zero-order valence-corrected chi connectivity index (χ0v) is 12.2. The quantitative estimate of drug-likeness (QED) is 0.662. The van der Waals surface area contributed by atoms with E-state index in [0.717, 1.165) is 12.3 Å². The van der Waals surface area contributed by atoms with Gasteiger partial charge in [0, 0.05) is 12.3 Å². The molecule has 0 atom stereocenters.